The van der Waals surface area contributed by atoms with Gasteiger partial charge in [0.1, 0.15) is 0 Å². The second-order valence-corrected chi connectivity index (χ2v) is 12.6. The van der Waals surface area contributed by atoms with E-state index in [0.29, 0.717) is 45.4 Å². The van der Waals surface area contributed by atoms with Crippen molar-refractivity contribution in [3.63, 3.8) is 0 Å². The molecule has 5 aromatic rings. The molecule has 4 aromatic carbocycles. The largest absolute Gasteiger partial charge is 0.515 e. The summed E-state index contributed by atoms with van der Waals surface area (Å²) in [7, 11) is 0. The fraction of sp³-hybridized carbons (Fsp3) is 0. The van der Waals surface area contributed by atoms with Crippen LogP contribution in [0.3, 0.4) is 0 Å². The van der Waals surface area contributed by atoms with Crippen molar-refractivity contribution in [1.29, 1.82) is 0 Å². The van der Waals surface area contributed by atoms with Crippen molar-refractivity contribution in [3.05, 3.63) is 225 Å². The van der Waals surface area contributed by atoms with Crippen LogP contribution in [0.25, 0.3) is 22.3 Å². The number of fused-ring (bicyclic) bond motifs is 5. The number of benzene rings is 4. The number of rotatable bonds is 5. The molecule has 0 spiro atoms. The van der Waals surface area contributed by atoms with Gasteiger partial charge < -0.3 is 10.1 Å². The first kappa shape index (κ1) is 30.8. The average Bonchev–Trinajstić information content (AvgIpc) is 4.03. The molecule has 0 amide bonds. The normalized spacial score (nSPS) is 17.3. The molecule has 6 heteroatoms. The number of carbonyl (C=O) groups is 1. The zero-order chi connectivity index (χ0) is 35.0. The van der Waals surface area contributed by atoms with Crippen LogP contribution in [0.2, 0.25) is 0 Å². The fourth-order valence-electron chi connectivity index (χ4n) is 7.15. The van der Waals surface area contributed by atoms with Gasteiger partial charge in [0.25, 0.3) is 0 Å². The van der Waals surface area contributed by atoms with Crippen molar-refractivity contribution in [1.82, 2.24) is 4.98 Å². The first-order chi connectivity index (χ1) is 25.7. The number of H-pyrrole nitrogens is 1. The van der Waals surface area contributed by atoms with Gasteiger partial charge in [-0.05, 0) is 58.7 Å². The van der Waals surface area contributed by atoms with Crippen LogP contribution < -0.4 is 10.7 Å². The molecule has 1 aromatic heterocycles. The quantitative estimate of drug-likeness (QED) is 0.149. The number of aldehydes is 1. The lowest BCUT2D eigenvalue weighted by molar-refractivity contribution is -0.104. The summed E-state index contributed by atoms with van der Waals surface area (Å²) in [5.74, 6) is 0. The maximum atomic E-state index is 12.9. The molecule has 246 valence electrons. The molecule has 2 N–H and O–H groups in total. The Kier molecular flexibility index (Phi) is 7.67. The Morgan fingerprint density at radius 1 is 0.519 bits per heavy atom. The predicted molar refractivity (Wildman–Crippen MR) is 209 cm³/mol. The highest BCUT2D eigenvalue weighted by Gasteiger charge is 2.29. The van der Waals surface area contributed by atoms with Crippen molar-refractivity contribution >= 4 is 45.7 Å². The SMILES string of the molecule is O=CC1=CC2=NC1=C(c1ccccc1)C1=NC(=C(c3ccccc3)C3=C/C(=C/O)C(=N3)C(c3ccccc3)=c3ccc([nH]3)=C2c2ccccc2)C=C1. The van der Waals surface area contributed by atoms with Crippen LogP contribution in [-0.2, 0) is 4.79 Å². The summed E-state index contributed by atoms with van der Waals surface area (Å²) in [4.78, 5) is 32.4. The number of aliphatic hydroxyl groups excluding tert-OH is 1. The number of hydrogen-bond donors (Lipinski definition) is 2. The summed E-state index contributed by atoms with van der Waals surface area (Å²) in [5, 5.41) is 12.4. The van der Waals surface area contributed by atoms with Crippen molar-refractivity contribution in [2.45, 2.75) is 0 Å². The minimum Gasteiger partial charge on any atom is -0.515 e. The van der Waals surface area contributed by atoms with E-state index in [2.05, 4.69) is 4.98 Å². The van der Waals surface area contributed by atoms with Crippen LogP contribution in [0.15, 0.2) is 207 Å². The van der Waals surface area contributed by atoms with E-state index in [4.69, 9.17) is 15.0 Å². The van der Waals surface area contributed by atoms with E-state index in [0.717, 1.165) is 67.8 Å². The highest BCUT2D eigenvalue weighted by molar-refractivity contribution is 6.37. The summed E-state index contributed by atoms with van der Waals surface area (Å²) in [6, 6.07) is 44.2. The summed E-state index contributed by atoms with van der Waals surface area (Å²) < 4.78 is 0. The summed E-state index contributed by atoms with van der Waals surface area (Å²) in [6.07, 6.45) is 9.74. The van der Waals surface area contributed by atoms with Gasteiger partial charge in [0.05, 0.1) is 40.5 Å². The second kappa shape index (κ2) is 12.9. The molecule has 0 radical (unpaired) electrons. The van der Waals surface area contributed by atoms with Crippen LogP contribution in [0, 0.1) is 0 Å². The third-order valence-corrected chi connectivity index (χ3v) is 9.47. The third-order valence-electron chi connectivity index (χ3n) is 9.47. The number of aromatic amines is 1. The topological polar surface area (TPSA) is 90.2 Å². The number of hydrogen-bond acceptors (Lipinski definition) is 5. The van der Waals surface area contributed by atoms with Gasteiger partial charge >= 0.3 is 0 Å². The van der Waals surface area contributed by atoms with Crippen LogP contribution in [0.4, 0.5) is 0 Å². The number of aliphatic imine (C=N–C) groups is 3. The van der Waals surface area contributed by atoms with E-state index in [1.165, 1.54) is 0 Å². The van der Waals surface area contributed by atoms with Crippen molar-refractivity contribution in [3.8, 4) is 0 Å². The van der Waals surface area contributed by atoms with Gasteiger partial charge in [0, 0.05) is 44.1 Å². The smallest absolute Gasteiger partial charge is 0.152 e. The third kappa shape index (κ3) is 5.30. The molecule has 5 heterocycles. The monoisotopic (exact) mass is 670 g/mol. The number of carbonyl (C=O) groups excluding carboxylic acids is 1. The van der Waals surface area contributed by atoms with Gasteiger partial charge in [-0.1, -0.05) is 121 Å². The maximum Gasteiger partial charge on any atom is 0.152 e. The second-order valence-electron chi connectivity index (χ2n) is 12.6. The van der Waals surface area contributed by atoms with Gasteiger partial charge in [-0.25, -0.2) is 15.0 Å². The number of aromatic nitrogens is 1. The minimum absolute atomic E-state index is 0.469. The first-order valence-corrected chi connectivity index (χ1v) is 17.0. The van der Waals surface area contributed by atoms with Gasteiger partial charge in [0.15, 0.2) is 6.29 Å². The van der Waals surface area contributed by atoms with E-state index in [9.17, 15) is 9.90 Å². The lowest BCUT2D eigenvalue weighted by Crippen LogP contribution is -2.21. The standard InChI is InChI=1S/C46H30N4O2/c51-27-33-25-39-41(29-13-5-1-6-14-29)35-21-23-37(47-35)43(31-17-9-3-10-18-31)46-34(28-52)26-40(50-46)42(30-15-7-2-8-16-30)36-22-24-38(48-36)44(45(33)49-39)32-19-11-4-12-20-32/h1-28,47,52H/b34-28-,41-35?,42-36?,43-37?,45-44?. The molecule has 9 rings (SSSR count). The molecular weight excluding hydrogens is 641 g/mol. The molecule has 4 aliphatic rings. The van der Waals surface area contributed by atoms with Gasteiger partial charge in [0.2, 0.25) is 0 Å². The van der Waals surface area contributed by atoms with Crippen LogP contribution >= 0.6 is 0 Å². The van der Waals surface area contributed by atoms with Gasteiger partial charge in [-0.15, -0.1) is 0 Å². The van der Waals surface area contributed by atoms with Crippen LogP contribution in [0.1, 0.15) is 22.3 Å². The van der Waals surface area contributed by atoms with Crippen LogP contribution in [0.5, 0.6) is 0 Å². The summed E-state index contributed by atoms with van der Waals surface area (Å²) in [6.45, 7) is 0. The fourth-order valence-corrected chi connectivity index (χ4v) is 7.15. The highest BCUT2D eigenvalue weighted by Crippen LogP contribution is 2.39. The van der Waals surface area contributed by atoms with Crippen molar-refractivity contribution in [2.75, 3.05) is 0 Å². The Bertz CT molecular complexity index is 2700. The Labute approximate surface area is 300 Å². The lowest BCUT2D eigenvalue weighted by atomic mass is 9.96. The van der Waals surface area contributed by atoms with E-state index < -0.39 is 0 Å². The first-order valence-electron chi connectivity index (χ1n) is 17.0. The molecule has 0 saturated carbocycles. The van der Waals surface area contributed by atoms with Gasteiger partial charge in [-0.3, -0.25) is 4.79 Å². The number of nitrogens with zero attached hydrogens (tertiary/aromatic N) is 3. The van der Waals surface area contributed by atoms with Crippen LogP contribution in [-0.4, -0.2) is 33.5 Å². The van der Waals surface area contributed by atoms with E-state index in [1.54, 1.807) is 0 Å². The minimum atomic E-state index is 0.469. The molecule has 0 fully saturated rings. The van der Waals surface area contributed by atoms with E-state index >= 15 is 0 Å². The molecule has 0 unspecified atom stereocenters. The molecule has 0 atom stereocenters. The maximum absolute atomic E-state index is 12.9. The van der Waals surface area contributed by atoms with Gasteiger partial charge in [-0.2, -0.15) is 0 Å². The Morgan fingerprint density at radius 2 is 1.06 bits per heavy atom. The molecule has 0 saturated heterocycles. The average molecular weight is 671 g/mol. The molecule has 0 aliphatic carbocycles. The Hall–Kier alpha value is -7.18. The molecule has 8 bridgehead atoms. The predicted octanol–water partition coefficient (Wildman–Crippen LogP) is 7.62. The van der Waals surface area contributed by atoms with Crippen molar-refractivity contribution < 1.29 is 9.90 Å². The summed E-state index contributed by atoms with van der Waals surface area (Å²) in [5.41, 5.74) is 11.8. The molecular formula is C46H30N4O2. The zero-order valence-corrected chi connectivity index (χ0v) is 27.9. The highest BCUT2D eigenvalue weighted by atomic mass is 16.2. The molecule has 4 aliphatic heterocycles. The Balaban J connectivity index is 1.46. The molecule has 6 nitrogen and oxygen atoms in total. The number of aliphatic hydroxyl groups is 1. The number of allylic oxidation sites excluding steroid dienone is 8. The van der Waals surface area contributed by atoms with Crippen molar-refractivity contribution in [2.24, 2.45) is 15.0 Å². The Morgan fingerprint density at radius 3 is 1.63 bits per heavy atom. The zero-order valence-electron chi connectivity index (χ0n) is 27.9. The lowest BCUT2D eigenvalue weighted by Gasteiger charge is -2.12. The number of nitrogens with one attached hydrogen (secondary N) is 1. The van der Waals surface area contributed by atoms with E-state index in [-0.39, 0.29) is 0 Å². The molecule has 52 heavy (non-hydrogen) atoms. The van der Waals surface area contributed by atoms with E-state index in [1.807, 2.05) is 158 Å². The summed E-state index contributed by atoms with van der Waals surface area (Å²) >= 11 is 0.